The van der Waals surface area contributed by atoms with Gasteiger partial charge in [0.2, 0.25) is 0 Å². The number of hydrogen-bond acceptors (Lipinski definition) is 2. The van der Waals surface area contributed by atoms with E-state index in [2.05, 4.69) is 5.32 Å². The van der Waals surface area contributed by atoms with Gasteiger partial charge in [0.15, 0.2) is 0 Å². The van der Waals surface area contributed by atoms with Crippen molar-refractivity contribution in [1.82, 2.24) is 10.2 Å². The van der Waals surface area contributed by atoms with Crippen molar-refractivity contribution in [2.45, 2.75) is 45.2 Å². The number of rotatable bonds is 4. The summed E-state index contributed by atoms with van der Waals surface area (Å²) in [5.74, 6) is -1.46. The van der Waals surface area contributed by atoms with Gasteiger partial charge in [0, 0.05) is 19.1 Å². The third-order valence-electron chi connectivity index (χ3n) is 3.43. The average molecular weight is 228 g/mol. The first-order valence-corrected chi connectivity index (χ1v) is 5.69. The Morgan fingerprint density at radius 2 is 1.94 bits per heavy atom. The van der Waals surface area contributed by atoms with Crippen LogP contribution >= 0.6 is 0 Å². The molecule has 0 aromatic rings. The summed E-state index contributed by atoms with van der Waals surface area (Å²) in [7, 11) is 1.76. The van der Waals surface area contributed by atoms with E-state index < -0.39 is 11.9 Å². The maximum atomic E-state index is 11.7. The van der Waals surface area contributed by atoms with Crippen LogP contribution in [0.25, 0.3) is 0 Å². The molecule has 2 N–H and O–H groups in total. The third-order valence-corrected chi connectivity index (χ3v) is 3.43. The molecule has 5 nitrogen and oxygen atoms in total. The summed E-state index contributed by atoms with van der Waals surface area (Å²) < 4.78 is 0. The molecule has 0 bridgehead atoms. The van der Waals surface area contributed by atoms with E-state index in [4.69, 9.17) is 5.11 Å². The molecule has 1 fully saturated rings. The van der Waals surface area contributed by atoms with E-state index in [-0.39, 0.29) is 12.1 Å². The number of nitrogens with one attached hydrogen (secondary N) is 1. The summed E-state index contributed by atoms with van der Waals surface area (Å²) >= 11 is 0. The molecule has 0 saturated heterocycles. The number of carbonyl (C=O) groups is 2. The van der Waals surface area contributed by atoms with Gasteiger partial charge in [0.25, 0.3) is 0 Å². The minimum Gasteiger partial charge on any atom is -0.481 e. The molecular formula is C11H20N2O3. The second-order valence-electron chi connectivity index (χ2n) is 4.56. The summed E-state index contributed by atoms with van der Waals surface area (Å²) in [6.45, 7) is 3.31. The van der Waals surface area contributed by atoms with Gasteiger partial charge in [-0.3, -0.25) is 4.79 Å². The van der Waals surface area contributed by atoms with Gasteiger partial charge in [0.1, 0.15) is 0 Å². The molecule has 0 heterocycles. The number of hydrogen-bond donors (Lipinski definition) is 2. The van der Waals surface area contributed by atoms with Crippen LogP contribution in [-0.4, -0.2) is 41.1 Å². The van der Waals surface area contributed by atoms with Crippen molar-refractivity contribution in [3.05, 3.63) is 0 Å². The molecule has 1 saturated carbocycles. The smallest absolute Gasteiger partial charge is 0.317 e. The Morgan fingerprint density at radius 3 is 2.31 bits per heavy atom. The summed E-state index contributed by atoms with van der Waals surface area (Å²) in [6, 6.07) is -0.204. The van der Waals surface area contributed by atoms with Crippen molar-refractivity contribution < 1.29 is 14.7 Å². The molecule has 0 aliphatic heterocycles. The first-order valence-electron chi connectivity index (χ1n) is 5.69. The number of amides is 2. The lowest BCUT2D eigenvalue weighted by Gasteiger charge is -2.35. The van der Waals surface area contributed by atoms with Gasteiger partial charge in [-0.15, -0.1) is 0 Å². The first kappa shape index (κ1) is 12.8. The molecule has 0 radical (unpaired) electrons. The molecule has 2 amide bonds. The Labute approximate surface area is 95.8 Å². The largest absolute Gasteiger partial charge is 0.481 e. The van der Waals surface area contributed by atoms with Crippen LogP contribution < -0.4 is 5.32 Å². The molecule has 0 aromatic carbocycles. The number of nitrogens with zero attached hydrogens (tertiary/aromatic N) is 1. The van der Waals surface area contributed by atoms with Gasteiger partial charge in [-0.25, -0.2) is 4.79 Å². The SMILES string of the molecule is CC(NC(=O)N(C)C1CCC1)C(C)C(=O)O. The molecule has 92 valence electrons. The van der Waals surface area contributed by atoms with Crippen molar-refractivity contribution >= 4 is 12.0 Å². The summed E-state index contributed by atoms with van der Waals surface area (Å²) in [6.07, 6.45) is 3.27. The normalized spacial score (nSPS) is 19.4. The monoisotopic (exact) mass is 228 g/mol. The Hall–Kier alpha value is -1.26. The zero-order chi connectivity index (χ0) is 12.3. The highest BCUT2D eigenvalue weighted by atomic mass is 16.4. The molecule has 1 rings (SSSR count). The maximum Gasteiger partial charge on any atom is 0.317 e. The molecule has 0 aromatic heterocycles. The Morgan fingerprint density at radius 1 is 1.38 bits per heavy atom. The van der Waals surface area contributed by atoms with Crippen molar-refractivity contribution in [2.75, 3.05) is 7.05 Å². The van der Waals surface area contributed by atoms with Gasteiger partial charge in [-0.2, -0.15) is 0 Å². The molecule has 16 heavy (non-hydrogen) atoms. The van der Waals surface area contributed by atoms with Crippen LogP contribution in [0.1, 0.15) is 33.1 Å². The Bertz CT molecular complexity index is 276. The topological polar surface area (TPSA) is 69.6 Å². The van der Waals surface area contributed by atoms with Gasteiger partial charge in [-0.1, -0.05) is 0 Å². The van der Waals surface area contributed by atoms with E-state index in [0.29, 0.717) is 6.04 Å². The lowest BCUT2D eigenvalue weighted by atomic mass is 9.92. The highest BCUT2D eigenvalue weighted by Crippen LogP contribution is 2.23. The molecule has 2 atom stereocenters. The van der Waals surface area contributed by atoms with Crippen LogP contribution in [0.15, 0.2) is 0 Å². The quantitative estimate of drug-likeness (QED) is 0.761. The summed E-state index contributed by atoms with van der Waals surface area (Å²) in [5, 5.41) is 11.5. The molecule has 2 unspecified atom stereocenters. The second-order valence-corrected chi connectivity index (χ2v) is 4.56. The molecule has 5 heteroatoms. The standard InChI is InChI=1S/C11H20N2O3/c1-7(10(14)15)8(2)12-11(16)13(3)9-5-4-6-9/h7-9H,4-6H2,1-3H3,(H,12,16)(H,14,15). The highest BCUT2D eigenvalue weighted by molar-refractivity contribution is 5.76. The molecule has 1 aliphatic rings. The van der Waals surface area contributed by atoms with E-state index in [0.717, 1.165) is 12.8 Å². The van der Waals surface area contributed by atoms with Crippen LogP contribution in [0.2, 0.25) is 0 Å². The number of aliphatic carboxylic acids is 1. The average Bonchev–Trinajstić information content (AvgIpc) is 2.13. The van der Waals surface area contributed by atoms with Crippen molar-refractivity contribution in [2.24, 2.45) is 5.92 Å². The second kappa shape index (κ2) is 5.18. The number of carboxylic acid groups (broad SMARTS) is 1. The van der Waals surface area contributed by atoms with E-state index in [1.165, 1.54) is 6.42 Å². The van der Waals surface area contributed by atoms with Gasteiger partial charge >= 0.3 is 12.0 Å². The highest BCUT2D eigenvalue weighted by Gasteiger charge is 2.28. The van der Waals surface area contributed by atoms with Crippen LogP contribution in [0.3, 0.4) is 0 Å². The van der Waals surface area contributed by atoms with Gasteiger partial charge in [0.05, 0.1) is 5.92 Å². The zero-order valence-electron chi connectivity index (χ0n) is 10.1. The molecule has 1 aliphatic carbocycles. The first-order chi connectivity index (χ1) is 7.43. The molecule has 0 spiro atoms. The van der Waals surface area contributed by atoms with Crippen LogP contribution in [0.4, 0.5) is 4.79 Å². The molecular weight excluding hydrogens is 208 g/mol. The third kappa shape index (κ3) is 2.87. The van der Waals surface area contributed by atoms with Crippen molar-refractivity contribution in [1.29, 1.82) is 0 Å². The number of carbonyl (C=O) groups excluding carboxylic acids is 1. The van der Waals surface area contributed by atoms with Crippen LogP contribution in [0.5, 0.6) is 0 Å². The zero-order valence-corrected chi connectivity index (χ0v) is 10.1. The lowest BCUT2D eigenvalue weighted by Crippen LogP contribution is -2.50. The fourth-order valence-corrected chi connectivity index (χ4v) is 1.58. The summed E-state index contributed by atoms with van der Waals surface area (Å²) in [5.41, 5.74) is 0. The fourth-order valence-electron chi connectivity index (χ4n) is 1.58. The van der Waals surface area contributed by atoms with Crippen LogP contribution in [0, 0.1) is 5.92 Å². The van der Waals surface area contributed by atoms with E-state index in [9.17, 15) is 9.59 Å². The van der Waals surface area contributed by atoms with Crippen molar-refractivity contribution in [3.63, 3.8) is 0 Å². The van der Waals surface area contributed by atoms with Gasteiger partial charge in [-0.05, 0) is 33.1 Å². The van der Waals surface area contributed by atoms with Gasteiger partial charge < -0.3 is 15.3 Å². The number of carboxylic acids is 1. The van der Waals surface area contributed by atoms with Crippen LogP contribution in [-0.2, 0) is 4.79 Å². The fraction of sp³-hybridized carbons (Fsp3) is 0.818. The van der Waals surface area contributed by atoms with E-state index in [1.807, 2.05) is 0 Å². The maximum absolute atomic E-state index is 11.7. The Kier molecular flexibility index (Phi) is 4.15. The predicted molar refractivity (Wildman–Crippen MR) is 60.2 cm³/mol. The predicted octanol–water partition coefficient (Wildman–Crippen LogP) is 1.29. The summed E-state index contributed by atoms with van der Waals surface area (Å²) in [4.78, 5) is 24.1. The van der Waals surface area contributed by atoms with E-state index >= 15 is 0 Å². The minimum absolute atomic E-state index is 0.176. The Balaban J connectivity index is 2.40. The van der Waals surface area contributed by atoms with Crippen molar-refractivity contribution in [3.8, 4) is 0 Å². The lowest BCUT2D eigenvalue weighted by molar-refractivity contribution is -0.141. The number of urea groups is 1. The van der Waals surface area contributed by atoms with E-state index in [1.54, 1.807) is 25.8 Å². The minimum atomic E-state index is -0.890.